The fourth-order valence-electron chi connectivity index (χ4n) is 4.30. The van der Waals surface area contributed by atoms with Gasteiger partial charge in [0.2, 0.25) is 0 Å². The predicted molar refractivity (Wildman–Crippen MR) is 104 cm³/mol. The van der Waals surface area contributed by atoms with Crippen molar-refractivity contribution < 1.29 is 19.1 Å². The average molecular weight is 394 g/mol. The van der Waals surface area contributed by atoms with Crippen LogP contribution in [0.25, 0.3) is 0 Å². The Morgan fingerprint density at radius 1 is 1.33 bits per heavy atom. The molecule has 0 aromatic heterocycles. The summed E-state index contributed by atoms with van der Waals surface area (Å²) in [4.78, 5) is 26.8. The Morgan fingerprint density at radius 3 is 2.63 bits per heavy atom. The van der Waals surface area contributed by atoms with E-state index in [4.69, 9.17) is 21.1 Å². The molecular weight excluding hydrogens is 366 g/mol. The molecule has 6 heteroatoms. The minimum absolute atomic E-state index is 0.0246. The van der Waals surface area contributed by atoms with Crippen LogP contribution in [-0.4, -0.2) is 42.3 Å². The molecule has 1 unspecified atom stereocenters. The number of rotatable bonds is 3. The first-order chi connectivity index (χ1) is 12.6. The number of likely N-dealkylation sites (tertiary alicyclic amines) is 1. The van der Waals surface area contributed by atoms with Gasteiger partial charge in [0.05, 0.1) is 12.5 Å². The van der Waals surface area contributed by atoms with Gasteiger partial charge in [-0.25, -0.2) is 4.79 Å². The van der Waals surface area contributed by atoms with Crippen molar-refractivity contribution in [1.29, 1.82) is 0 Å². The van der Waals surface area contributed by atoms with Crippen molar-refractivity contribution in [2.24, 2.45) is 11.8 Å². The van der Waals surface area contributed by atoms with Crippen LogP contribution < -0.4 is 0 Å². The number of esters is 1. The molecule has 1 amide bonds. The SMILES string of the molecule is CCOC(=O)C1[C@@H]2CN(C(=O)OC(C)(C)C)CC[C@]12c1ccc(C)c(Cl)c1. The van der Waals surface area contributed by atoms with E-state index < -0.39 is 5.60 Å². The first kappa shape index (κ1) is 20.0. The molecule has 2 fully saturated rings. The summed E-state index contributed by atoms with van der Waals surface area (Å²) in [5, 5.41) is 0.699. The Morgan fingerprint density at radius 2 is 2.04 bits per heavy atom. The number of carbonyl (C=O) groups excluding carboxylic acids is 2. The van der Waals surface area contributed by atoms with Crippen molar-refractivity contribution in [3.63, 3.8) is 0 Å². The average Bonchev–Trinajstić information content (AvgIpc) is 3.25. The van der Waals surface area contributed by atoms with Crippen LogP contribution in [0.4, 0.5) is 4.79 Å². The first-order valence-electron chi connectivity index (χ1n) is 9.51. The third-order valence-electron chi connectivity index (χ3n) is 5.62. The van der Waals surface area contributed by atoms with Crippen LogP contribution in [0.1, 0.15) is 45.2 Å². The summed E-state index contributed by atoms with van der Waals surface area (Å²) in [6, 6.07) is 6.01. The van der Waals surface area contributed by atoms with E-state index in [1.165, 1.54) is 0 Å². The highest BCUT2D eigenvalue weighted by Crippen LogP contribution is 2.65. The molecule has 0 radical (unpaired) electrons. The monoisotopic (exact) mass is 393 g/mol. The second-order valence-electron chi connectivity index (χ2n) is 8.52. The number of fused-ring (bicyclic) bond motifs is 1. The lowest BCUT2D eigenvalue weighted by molar-refractivity contribution is -0.145. The van der Waals surface area contributed by atoms with Gasteiger partial charge in [-0.05, 0) is 58.2 Å². The number of aryl methyl sites for hydroxylation is 1. The molecule has 0 spiro atoms. The van der Waals surface area contributed by atoms with Crippen LogP contribution in [0, 0.1) is 18.8 Å². The third kappa shape index (κ3) is 3.66. The molecule has 2 aliphatic rings. The zero-order valence-electron chi connectivity index (χ0n) is 16.7. The van der Waals surface area contributed by atoms with Crippen molar-refractivity contribution in [1.82, 2.24) is 4.90 Å². The van der Waals surface area contributed by atoms with Gasteiger partial charge in [-0.2, -0.15) is 0 Å². The second kappa shape index (κ2) is 7.01. The number of ether oxygens (including phenoxy) is 2. The molecule has 3 rings (SSSR count). The maximum Gasteiger partial charge on any atom is 0.410 e. The molecule has 1 aliphatic heterocycles. The van der Waals surface area contributed by atoms with Crippen LogP contribution >= 0.6 is 11.6 Å². The van der Waals surface area contributed by atoms with E-state index in [-0.39, 0.29) is 29.3 Å². The fourth-order valence-corrected chi connectivity index (χ4v) is 4.48. The lowest BCUT2D eigenvalue weighted by atomic mass is 9.85. The molecule has 0 bridgehead atoms. The Hall–Kier alpha value is -1.75. The number of nitrogens with zero attached hydrogens (tertiary/aromatic N) is 1. The maximum atomic E-state index is 12.6. The number of carbonyl (C=O) groups is 2. The van der Waals surface area contributed by atoms with Crippen LogP contribution in [0.2, 0.25) is 5.02 Å². The number of hydrogen-bond donors (Lipinski definition) is 0. The van der Waals surface area contributed by atoms with Crippen molar-refractivity contribution in [2.45, 2.75) is 52.1 Å². The Balaban J connectivity index is 1.86. The van der Waals surface area contributed by atoms with Crippen LogP contribution in [0.15, 0.2) is 18.2 Å². The summed E-state index contributed by atoms with van der Waals surface area (Å²) in [5.41, 5.74) is 1.22. The van der Waals surface area contributed by atoms with E-state index in [2.05, 4.69) is 6.07 Å². The third-order valence-corrected chi connectivity index (χ3v) is 6.03. The molecule has 27 heavy (non-hydrogen) atoms. The zero-order valence-corrected chi connectivity index (χ0v) is 17.4. The quantitative estimate of drug-likeness (QED) is 0.717. The lowest BCUT2D eigenvalue weighted by Gasteiger charge is -2.33. The van der Waals surface area contributed by atoms with Gasteiger partial charge in [0.1, 0.15) is 5.60 Å². The van der Waals surface area contributed by atoms with E-state index in [9.17, 15) is 9.59 Å². The van der Waals surface area contributed by atoms with Gasteiger partial charge in [-0.15, -0.1) is 0 Å². The smallest absolute Gasteiger partial charge is 0.410 e. The Bertz CT molecular complexity index is 757. The van der Waals surface area contributed by atoms with Gasteiger partial charge >= 0.3 is 12.1 Å². The normalized spacial score (nSPS) is 27.0. The van der Waals surface area contributed by atoms with Crippen molar-refractivity contribution in [3.8, 4) is 0 Å². The van der Waals surface area contributed by atoms with E-state index in [0.29, 0.717) is 31.1 Å². The topological polar surface area (TPSA) is 55.8 Å². The minimum atomic E-state index is -0.541. The van der Waals surface area contributed by atoms with Crippen LogP contribution in [-0.2, 0) is 19.7 Å². The highest BCUT2D eigenvalue weighted by Gasteiger charge is 2.71. The molecule has 0 N–H and O–H groups in total. The van der Waals surface area contributed by atoms with Crippen molar-refractivity contribution in [2.75, 3.05) is 19.7 Å². The van der Waals surface area contributed by atoms with Gasteiger partial charge in [0.15, 0.2) is 0 Å². The van der Waals surface area contributed by atoms with Gasteiger partial charge in [-0.3, -0.25) is 4.79 Å². The number of piperidine rings is 1. The molecule has 3 atom stereocenters. The predicted octanol–water partition coefficient (Wildman–Crippen LogP) is 4.34. The largest absolute Gasteiger partial charge is 0.466 e. The van der Waals surface area contributed by atoms with Crippen molar-refractivity contribution >= 4 is 23.7 Å². The molecule has 1 aliphatic carbocycles. The fraction of sp³-hybridized carbons (Fsp3) is 0.619. The standard InChI is InChI=1S/C21H28ClNO4/c1-6-26-18(24)17-15-12-23(19(25)27-20(3,4)5)10-9-21(15,17)14-8-7-13(2)16(22)11-14/h7-8,11,15,17H,6,9-10,12H2,1-5H3/t15-,17?,21+/m0/s1. The number of amides is 1. The summed E-state index contributed by atoms with van der Waals surface area (Å²) in [6.45, 7) is 10.7. The number of hydrogen-bond acceptors (Lipinski definition) is 4. The molecular formula is C21H28ClNO4. The first-order valence-corrected chi connectivity index (χ1v) is 9.89. The number of benzene rings is 1. The Kier molecular flexibility index (Phi) is 5.19. The summed E-state index contributed by atoms with van der Waals surface area (Å²) >= 11 is 6.35. The lowest BCUT2D eigenvalue weighted by Crippen LogP contribution is -2.43. The maximum absolute atomic E-state index is 12.6. The summed E-state index contributed by atoms with van der Waals surface area (Å²) in [5.74, 6) is -0.412. The van der Waals surface area contributed by atoms with E-state index in [1.807, 2.05) is 46.8 Å². The molecule has 1 heterocycles. The minimum Gasteiger partial charge on any atom is -0.466 e. The molecule has 1 saturated carbocycles. The molecule has 1 saturated heterocycles. The van der Waals surface area contributed by atoms with E-state index in [0.717, 1.165) is 11.1 Å². The highest BCUT2D eigenvalue weighted by molar-refractivity contribution is 6.31. The zero-order chi connectivity index (χ0) is 20.0. The number of halogens is 1. The van der Waals surface area contributed by atoms with Gasteiger partial charge in [0.25, 0.3) is 0 Å². The molecule has 1 aromatic carbocycles. The van der Waals surface area contributed by atoms with Gasteiger partial charge in [0, 0.05) is 29.4 Å². The second-order valence-corrected chi connectivity index (χ2v) is 8.92. The molecule has 5 nitrogen and oxygen atoms in total. The molecule has 1 aromatic rings. The Labute approximate surface area is 166 Å². The summed E-state index contributed by atoms with van der Waals surface area (Å²) in [7, 11) is 0. The highest BCUT2D eigenvalue weighted by atomic mass is 35.5. The molecule has 148 valence electrons. The van der Waals surface area contributed by atoms with E-state index in [1.54, 1.807) is 4.90 Å². The summed E-state index contributed by atoms with van der Waals surface area (Å²) < 4.78 is 10.8. The van der Waals surface area contributed by atoms with Gasteiger partial charge < -0.3 is 14.4 Å². The van der Waals surface area contributed by atoms with Gasteiger partial charge in [-0.1, -0.05) is 23.7 Å². The van der Waals surface area contributed by atoms with E-state index >= 15 is 0 Å². The van der Waals surface area contributed by atoms with Crippen LogP contribution in [0.5, 0.6) is 0 Å². The van der Waals surface area contributed by atoms with Crippen LogP contribution in [0.3, 0.4) is 0 Å². The summed E-state index contributed by atoms with van der Waals surface area (Å²) in [6.07, 6.45) is 0.368. The van der Waals surface area contributed by atoms with Crippen molar-refractivity contribution in [3.05, 3.63) is 34.3 Å².